The summed E-state index contributed by atoms with van der Waals surface area (Å²) in [6, 6.07) is 0. The molecule has 0 bridgehead atoms. The number of aromatic nitrogens is 2. The van der Waals surface area contributed by atoms with Crippen LogP contribution in [-0.2, 0) is 11.4 Å². The second-order valence-corrected chi connectivity index (χ2v) is 7.29. The second kappa shape index (κ2) is 10.1. The van der Waals surface area contributed by atoms with Crippen molar-refractivity contribution >= 4 is 17.4 Å². The van der Waals surface area contributed by atoms with E-state index in [4.69, 9.17) is 10.0 Å². The monoisotopic (exact) mass is 399 g/mol. The second-order valence-electron chi connectivity index (χ2n) is 7.29. The van der Waals surface area contributed by atoms with Crippen molar-refractivity contribution in [1.29, 1.82) is 0 Å². The van der Waals surface area contributed by atoms with Crippen LogP contribution in [0, 0.1) is 10.1 Å². The van der Waals surface area contributed by atoms with Gasteiger partial charge in [-0.1, -0.05) is 15.3 Å². The lowest BCUT2D eigenvalue weighted by atomic mass is 9.97. The number of aryl methyl sites for hydroxylation is 1. The predicted octanol–water partition coefficient (Wildman–Crippen LogP) is 1.53. The Hall–Kier alpha value is -2.57. The van der Waals surface area contributed by atoms with Gasteiger partial charge in [-0.15, -0.1) is 0 Å². The van der Waals surface area contributed by atoms with Crippen LogP contribution >= 0.6 is 0 Å². The smallest absolute Gasteiger partial charge is 0.411 e. The van der Waals surface area contributed by atoms with Gasteiger partial charge in [-0.25, -0.2) is 4.57 Å². The fourth-order valence-corrected chi connectivity index (χ4v) is 2.32. The van der Waals surface area contributed by atoms with Crippen LogP contribution in [0.4, 0.5) is 5.95 Å². The molecule has 0 radical (unpaired) electrons. The molecule has 0 saturated carbocycles. The Morgan fingerprint density at radius 2 is 2.00 bits per heavy atom. The first-order chi connectivity index (χ1) is 13.0. The molecule has 0 fully saturated rings. The van der Waals surface area contributed by atoms with Crippen molar-refractivity contribution in [3.63, 3.8) is 0 Å². The standard InChI is InChI=1S/C16H29N7O5/c1-12(19-24)15(2,3)18-8-11-28-21-16(4,5)13(20-25)6-9-22-10-7-17-14(22)23(26)27/h7,10,18,21,24-25H,6,8-9,11H2,1-5H3. The molecule has 1 rings (SSSR count). The van der Waals surface area contributed by atoms with E-state index < -0.39 is 16.0 Å². The molecule has 0 spiro atoms. The Kier molecular flexibility index (Phi) is 8.47. The summed E-state index contributed by atoms with van der Waals surface area (Å²) in [5.74, 6) is -0.269. The van der Waals surface area contributed by atoms with Gasteiger partial charge in [0, 0.05) is 13.0 Å². The van der Waals surface area contributed by atoms with Gasteiger partial charge in [0.2, 0.25) is 0 Å². The minimum atomic E-state index is -0.803. The van der Waals surface area contributed by atoms with Crippen LogP contribution < -0.4 is 10.8 Å². The number of nitrogens with one attached hydrogen (secondary N) is 2. The summed E-state index contributed by atoms with van der Waals surface area (Å²) in [5.41, 5.74) is 2.47. The van der Waals surface area contributed by atoms with E-state index >= 15 is 0 Å². The molecule has 0 amide bonds. The molecule has 0 aliphatic rings. The van der Waals surface area contributed by atoms with Crippen molar-refractivity contribution < 1.29 is 20.2 Å². The molecule has 28 heavy (non-hydrogen) atoms. The van der Waals surface area contributed by atoms with Crippen LogP contribution in [0.5, 0.6) is 0 Å². The molecule has 0 saturated heterocycles. The normalized spacial score (nSPS) is 13.8. The van der Waals surface area contributed by atoms with E-state index in [1.165, 1.54) is 17.0 Å². The third kappa shape index (κ3) is 6.55. The maximum absolute atomic E-state index is 10.9. The molecular formula is C16H29N7O5. The zero-order chi connectivity index (χ0) is 21.4. The van der Waals surface area contributed by atoms with Gasteiger partial charge in [0.25, 0.3) is 0 Å². The molecule has 1 aromatic heterocycles. The fourth-order valence-electron chi connectivity index (χ4n) is 2.32. The van der Waals surface area contributed by atoms with Gasteiger partial charge in [0.15, 0.2) is 0 Å². The lowest BCUT2D eigenvalue weighted by molar-refractivity contribution is -0.396. The van der Waals surface area contributed by atoms with Crippen LogP contribution in [0.1, 0.15) is 41.0 Å². The van der Waals surface area contributed by atoms with Crippen LogP contribution in [0.3, 0.4) is 0 Å². The Labute approximate surface area is 163 Å². The first kappa shape index (κ1) is 23.5. The number of hydroxylamine groups is 1. The van der Waals surface area contributed by atoms with E-state index in [-0.39, 0.29) is 18.9 Å². The van der Waals surface area contributed by atoms with Crippen molar-refractivity contribution in [2.75, 3.05) is 13.2 Å². The summed E-state index contributed by atoms with van der Waals surface area (Å²) in [6.45, 7) is 10.0. The lowest BCUT2D eigenvalue weighted by Gasteiger charge is -2.28. The number of nitrogens with zero attached hydrogens (tertiary/aromatic N) is 5. The largest absolute Gasteiger partial charge is 0.434 e. The molecule has 0 unspecified atom stereocenters. The van der Waals surface area contributed by atoms with Gasteiger partial charge in [0.1, 0.15) is 12.4 Å². The number of hydrogen-bond donors (Lipinski definition) is 4. The molecule has 0 atom stereocenters. The lowest BCUT2D eigenvalue weighted by Crippen LogP contribution is -2.50. The quantitative estimate of drug-likeness (QED) is 0.135. The number of rotatable bonds is 12. The summed E-state index contributed by atoms with van der Waals surface area (Å²) in [6.07, 6.45) is 3.10. The summed E-state index contributed by atoms with van der Waals surface area (Å²) in [7, 11) is 0. The van der Waals surface area contributed by atoms with Gasteiger partial charge in [-0.3, -0.25) is 4.84 Å². The number of nitro groups is 1. The van der Waals surface area contributed by atoms with E-state index in [0.29, 0.717) is 24.6 Å². The van der Waals surface area contributed by atoms with Crippen molar-refractivity contribution in [3.05, 3.63) is 22.5 Å². The highest BCUT2D eigenvalue weighted by Crippen LogP contribution is 2.13. The molecule has 158 valence electrons. The van der Waals surface area contributed by atoms with Crippen LogP contribution in [-0.4, -0.2) is 60.5 Å². The van der Waals surface area contributed by atoms with E-state index in [1.54, 1.807) is 20.8 Å². The third-order valence-electron chi connectivity index (χ3n) is 4.44. The Bertz CT molecular complexity index is 712. The maximum Gasteiger partial charge on any atom is 0.434 e. The first-order valence-corrected chi connectivity index (χ1v) is 8.75. The molecule has 1 heterocycles. The summed E-state index contributed by atoms with van der Waals surface area (Å²) < 4.78 is 1.37. The summed E-state index contributed by atoms with van der Waals surface area (Å²) in [5, 5.41) is 38.8. The van der Waals surface area contributed by atoms with Gasteiger partial charge >= 0.3 is 5.95 Å². The minimum Gasteiger partial charge on any atom is -0.411 e. The molecule has 0 aromatic carbocycles. The molecule has 4 N–H and O–H groups in total. The van der Waals surface area contributed by atoms with E-state index in [9.17, 15) is 15.3 Å². The molecule has 0 aliphatic carbocycles. The average molecular weight is 399 g/mol. The van der Waals surface area contributed by atoms with E-state index in [0.717, 1.165) is 0 Å². The topological polar surface area (TPSA) is 159 Å². The highest BCUT2D eigenvalue weighted by molar-refractivity contribution is 5.92. The van der Waals surface area contributed by atoms with Crippen molar-refractivity contribution in [2.24, 2.45) is 10.3 Å². The fraction of sp³-hybridized carbons (Fsp3) is 0.688. The summed E-state index contributed by atoms with van der Waals surface area (Å²) >= 11 is 0. The Balaban J connectivity index is 2.51. The molecule has 1 aromatic rings. The van der Waals surface area contributed by atoms with Crippen LogP contribution in [0.2, 0.25) is 0 Å². The number of oxime groups is 2. The minimum absolute atomic E-state index is 0.232. The zero-order valence-electron chi connectivity index (χ0n) is 16.8. The maximum atomic E-state index is 10.9. The highest BCUT2D eigenvalue weighted by Gasteiger charge is 2.27. The molecule has 12 heteroatoms. The van der Waals surface area contributed by atoms with Crippen molar-refractivity contribution in [2.45, 2.75) is 58.7 Å². The van der Waals surface area contributed by atoms with Crippen molar-refractivity contribution in [3.8, 4) is 0 Å². The van der Waals surface area contributed by atoms with Gasteiger partial charge in [0.05, 0.1) is 35.7 Å². The molecule has 12 nitrogen and oxygen atoms in total. The Morgan fingerprint density at radius 1 is 1.32 bits per heavy atom. The highest BCUT2D eigenvalue weighted by atomic mass is 16.6. The molecular weight excluding hydrogens is 370 g/mol. The third-order valence-corrected chi connectivity index (χ3v) is 4.44. The van der Waals surface area contributed by atoms with Gasteiger partial charge in [-0.2, -0.15) is 5.48 Å². The van der Waals surface area contributed by atoms with Gasteiger partial charge in [-0.05, 0) is 39.5 Å². The van der Waals surface area contributed by atoms with Crippen LogP contribution in [0.15, 0.2) is 22.7 Å². The zero-order valence-corrected chi connectivity index (χ0v) is 16.8. The Morgan fingerprint density at radius 3 is 2.57 bits per heavy atom. The van der Waals surface area contributed by atoms with Crippen LogP contribution in [0.25, 0.3) is 0 Å². The predicted molar refractivity (Wildman–Crippen MR) is 103 cm³/mol. The van der Waals surface area contributed by atoms with E-state index in [2.05, 4.69) is 26.1 Å². The van der Waals surface area contributed by atoms with E-state index in [1.807, 2.05) is 13.8 Å². The average Bonchev–Trinajstić information content (AvgIpc) is 3.09. The number of hydrogen-bond acceptors (Lipinski definition) is 10. The number of imidazole rings is 1. The molecule has 0 aliphatic heterocycles. The summed E-state index contributed by atoms with van der Waals surface area (Å²) in [4.78, 5) is 19.5. The first-order valence-electron chi connectivity index (χ1n) is 8.75. The van der Waals surface area contributed by atoms with Gasteiger partial charge < -0.3 is 25.8 Å². The van der Waals surface area contributed by atoms with Crippen molar-refractivity contribution in [1.82, 2.24) is 20.3 Å². The SMILES string of the molecule is CC(=NO)C(C)(C)NCCONC(C)(C)C(CCn1ccnc1[N+](=O)[O-])=NO.